The zero-order valence-electron chi connectivity index (χ0n) is 7.93. The molecule has 0 fully saturated rings. The molecular weight excluding hydrogens is 205 g/mol. The Morgan fingerprint density at radius 2 is 2.29 bits per heavy atom. The normalized spacial score (nSPS) is 12.6. The fourth-order valence-corrected chi connectivity index (χ4v) is 1.24. The summed E-state index contributed by atoms with van der Waals surface area (Å²) in [6.07, 6.45) is -0.657. The van der Waals surface area contributed by atoms with Crippen LogP contribution >= 0.6 is 11.6 Å². The van der Waals surface area contributed by atoms with Crippen LogP contribution in [0, 0.1) is 12.7 Å². The van der Waals surface area contributed by atoms with Crippen molar-refractivity contribution in [2.45, 2.75) is 13.0 Å². The topological polar surface area (TPSA) is 32.3 Å². The zero-order chi connectivity index (χ0) is 10.6. The van der Waals surface area contributed by atoms with E-state index >= 15 is 0 Å². The van der Waals surface area contributed by atoms with Crippen LogP contribution in [0.4, 0.5) is 10.1 Å². The second kappa shape index (κ2) is 5.17. The summed E-state index contributed by atoms with van der Waals surface area (Å²) in [5.41, 5.74) is 1.24. The number of aliphatic hydroxyl groups excluding tert-OH is 1. The lowest BCUT2D eigenvalue weighted by molar-refractivity contribution is 0.211. The van der Waals surface area contributed by atoms with Crippen molar-refractivity contribution >= 4 is 17.3 Å². The molecule has 0 aliphatic heterocycles. The standard InChI is InChI=1S/C10H13ClFNO/c1-7-3-2-4-9(12)10(7)13-6-8(14)5-11/h2-4,8,13-14H,5-6H2,1H3. The van der Waals surface area contributed by atoms with Gasteiger partial charge in [0, 0.05) is 6.54 Å². The van der Waals surface area contributed by atoms with Crippen molar-refractivity contribution in [1.82, 2.24) is 0 Å². The molecule has 1 unspecified atom stereocenters. The average molecular weight is 218 g/mol. The molecule has 1 rings (SSSR count). The molecule has 0 radical (unpaired) electrons. The number of nitrogens with one attached hydrogen (secondary N) is 1. The quantitative estimate of drug-likeness (QED) is 0.758. The van der Waals surface area contributed by atoms with Crippen molar-refractivity contribution in [3.8, 4) is 0 Å². The molecule has 0 heterocycles. The Balaban J connectivity index is 2.66. The second-order valence-electron chi connectivity index (χ2n) is 3.12. The van der Waals surface area contributed by atoms with Gasteiger partial charge in [-0.25, -0.2) is 4.39 Å². The first kappa shape index (κ1) is 11.3. The van der Waals surface area contributed by atoms with Gasteiger partial charge in [0.15, 0.2) is 0 Å². The van der Waals surface area contributed by atoms with E-state index in [0.29, 0.717) is 5.69 Å². The SMILES string of the molecule is Cc1cccc(F)c1NCC(O)CCl. The van der Waals surface area contributed by atoms with Gasteiger partial charge in [0.05, 0.1) is 17.7 Å². The Hall–Kier alpha value is -0.800. The van der Waals surface area contributed by atoms with Crippen molar-refractivity contribution in [3.63, 3.8) is 0 Å². The lowest BCUT2D eigenvalue weighted by atomic mass is 10.2. The van der Waals surface area contributed by atoms with Gasteiger partial charge >= 0.3 is 0 Å². The third kappa shape index (κ3) is 2.86. The van der Waals surface area contributed by atoms with Crippen LogP contribution in [0.3, 0.4) is 0 Å². The first-order valence-corrected chi connectivity index (χ1v) is 4.91. The third-order valence-electron chi connectivity index (χ3n) is 1.91. The van der Waals surface area contributed by atoms with Gasteiger partial charge in [0.2, 0.25) is 0 Å². The molecule has 0 bridgehead atoms. The van der Waals surface area contributed by atoms with E-state index in [0.717, 1.165) is 5.56 Å². The highest BCUT2D eigenvalue weighted by Crippen LogP contribution is 2.18. The number of anilines is 1. The lowest BCUT2D eigenvalue weighted by Crippen LogP contribution is -2.21. The summed E-state index contributed by atoms with van der Waals surface area (Å²) in [6.45, 7) is 2.06. The molecule has 0 aromatic heterocycles. The lowest BCUT2D eigenvalue weighted by Gasteiger charge is -2.12. The van der Waals surface area contributed by atoms with Crippen molar-refractivity contribution < 1.29 is 9.50 Å². The first-order valence-electron chi connectivity index (χ1n) is 4.38. The smallest absolute Gasteiger partial charge is 0.146 e. The summed E-state index contributed by atoms with van der Waals surface area (Å²) in [7, 11) is 0. The minimum Gasteiger partial charge on any atom is -0.390 e. The van der Waals surface area contributed by atoms with Crippen LogP contribution in [0.5, 0.6) is 0 Å². The van der Waals surface area contributed by atoms with Gasteiger partial charge in [-0.1, -0.05) is 12.1 Å². The molecule has 78 valence electrons. The predicted molar refractivity (Wildman–Crippen MR) is 56.4 cm³/mol. The molecule has 0 aliphatic rings. The highest BCUT2D eigenvalue weighted by Gasteiger charge is 2.06. The molecular formula is C10H13ClFNO. The zero-order valence-corrected chi connectivity index (χ0v) is 8.68. The van der Waals surface area contributed by atoms with Crippen LogP contribution in [-0.2, 0) is 0 Å². The minimum absolute atomic E-state index is 0.139. The molecule has 1 atom stereocenters. The summed E-state index contributed by atoms with van der Waals surface area (Å²) in [5.74, 6) is -0.174. The van der Waals surface area contributed by atoms with E-state index in [9.17, 15) is 9.50 Å². The molecule has 2 N–H and O–H groups in total. The van der Waals surface area contributed by atoms with E-state index < -0.39 is 6.10 Å². The number of hydrogen-bond donors (Lipinski definition) is 2. The number of hydrogen-bond acceptors (Lipinski definition) is 2. The molecule has 0 spiro atoms. The van der Waals surface area contributed by atoms with Gasteiger partial charge in [-0.3, -0.25) is 0 Å². The number of alkyl halides is 1. The Morgan fingerprint density at radius 3 is 2.86 bits per heavy atom. The number of halogens is 2. The number of para-hydroxylation sites is 1. The van der Waals surface area contributed by atoms with E-state index in [2.05, 4.69) is 5.32 Å². The fourth-order valence-electron chi connectivity index (χ4n) is 1.13. The Bertz CT molecular complexity index is 286. The van der Waals surface area contributed by atoms with Gasteiger partial charge in [-0.2, -0.15) is 0 Å². The summed E-state index contributed by atoms with van der Waals surface area (Å²) >= 11 is 5.41. The van der Waals surface area contributed by atoms with Crippen LogP contribution in [0.2, 0.25) is 0 Å². The molecule has 0 amide bonds. The van der Waals surface area contributed by atoms with Crippen LogP contribution in [0.1, 0.15) is 5.56 Å². The number of rotatable bonds is 4. The maximum absolute atomic E-state index is 13.2. The molecule has 1 aromatic carbocycles. The van der Waals surface area contributed by atoms with Crippen molar-refractivity contribution in [2.75, 3.05) is 17.7 Å². The number of aryl methyl sites for hydroxylation is 1. The molecule has 1 aromatic rings. The molecule has 0 saturated carbocycles. The average Bonchev–Trinajstić information content (AvgIpc) is 2.16. The summed E-state index contributed by atoms with van der Waals surface area (Å²) in [4.78, 5) is 0. The van der Waals surface area contributed by atoms with Gasteiger partial charge < -0.3 is 10.4 Å². The maximum Gasteiger partial charge on any atom is 0.146 e. The van der Waals surface area contributed by atoms with Crippen LogP contribution in [0.25, 0.3) is 0 Å². The molecule has 14 heavy (non-hydrogen) atoms. The molecule has 2 nitrogen and oxygen atoms in total. The van der Waals surface area contributed by atoms with Crippen LogP contribution in [0.15, 0.2) is 18.2 Å². The van der Waals surface area contributed by atoms with E-state index in [1.807, 2.05) is 0 Å². The summed E-state index contributed by atoms with van der Waals surface area (Å²) < 4.78 is 13.2. The molecule has 0 saturated heterocycles. The van der Waals surface area contributed by atoms with Gasteiger partial charge in [0.1, 0.15) is 5.82 Å². The van der Waals surface area contributed by atoms with Crippen molar-refractivity contribution in [3.05, 3.63) is 29.6 Å². The number of benzene rings is 1. The minimum atomic E-state index is -0.657. The highest BCUT2D eigenvalue weighted by molar-refractivity contribution is 6.18. The van der Waals surface area contributed by atoms with Gasteiger partial charge in [-0.15, -0.1) is 11.6 Å². The Kier molecular flexibility index (Phi) is 4.17. The highest BCUT2D eigenvalue weighted by atomic mass is 35.5. The van der Waals surface area contributed by atoms with E-state index in [4.69, 9.17) is 11.6 Å². The maximum atomic E-state index is 13.2. The predicted octanol–water partition coefficient (Wildman–Crippen LogP) is 2.15. The Labute approximate surface area is 87.7 Å². The van der Waals surface area contributed by atoms with Crippen molar-refractivity contribution in [1.29, 1.82) is 0 Å². The van der Waals surface area contributed by atoms with E-state index in [-0.39, 0.29) is 18.2 Å². The molecule has 4 heteroatoms. The van der Waals surface area contributed by atoms with E-state index in [1.165, 1.54) is 6.07 Å². The second-order valence-corrected chi connectivity index (χ2v) is 3.43. The molecule has 0 aliphatic carbocycles. The summed E-state index contributed by atoms with van der Waals surface area (Å²) in [5, 5.41) is 12.0. The van der Waals surface area contributed by atoms with Gasteiger partial charge in [0.25, 0.3) is 0 Å². The van der Waals surface area contributed by atoms with Crippen LogP contribution in [-0.4, -0.2) is 23.6 Å². The summed E-state index contributed by atoms with van der Waals surface area (Å²) in [6, 6.07) is 4.83. The van der Waals surface area contributed by atoms with Gasteiger partial charge in [-0.05, 0) is 18.6 Å². The fraction of sp³-hybridized carbons (Fsp3) is 0.400. The first-order chi connectivity index (χ1) is 6.65. The Morgan fingerprint density at radius 1 is 1.57 bits per heavy atom. The monoisotopic (exact) mass is 217 g/mol. The number of aliphatic hydroxyl groups is 1. The van der Waals surface area contributed by atoms with Crippen molar-refractivity contribution in [2.24, 2.45) is 0 Å². The van der Waals surface area contributed by atoms with E-state index in [1.54, 1.807) is 19.1 Å². The largest absolute Gasteiger partial charge is 0.390 e. The third-order valence-corrected chi connectivity index (χ3v) is 2.27. The van der Waals surface area contributed by atoms with Crippen LogP contribution < -0.4 is 5.32 Å².